The topological polar surface area (TPSA) is 26.3 Å². The zero-order chi connectivity index (χ0) is 8.39. The van der Waals surface area contributed by atoms with E-state index in [1.165, 1.54) is 32.1 Å². The third-order valence-corrected chi connectivity index (χ3v) is 2.79. The number of carbonyl (C=O) groups is 1. The molecule has 2 heteroatoms. The first kappa shape index (κ1) is 7.84. The Bertz CT molecular complexity index is 202. The second-order valence-electron chi connectivity index (χ2n) is 3.66. The first-order chi connectivity index (χ1) is 5.86. The molecule has 0 radical (unpaired) electrons. The van der Waals surface area contributed by atoms with Crippen LogP contribution in [0.1, 0.15) is 32.1 Å². The van der Waals surface area contributed by atoms with E-state index in [0.717, 1.165) is 0 Å². The van der Waals surface area contributed by atoms with Crippen LogP contribution in [0.5, 0.6) is 0 Å². The SMILES string of the molecule is O=C1C=CC(C2CCCCC2)O1. The van der Waals surface area contributed by atoms with Crippen LogP contribution in [0, 0.1) is 5.92 Å². The van der Waals surface area contributed by atoms with Gasteiger partial charge in [0, 0.05) is 6.08 Å². The molecular formula is C10H14O2. The Balaban J connectivity index is 1.91. The molecule has 12 heavy (non-hydrogen) atoms. The van der Waals surface area contributed by atoms with Crippen molar-refractivity contribution >= 4 is 5.97 Å². The predicted molar refractivity (Wildman–Crippen MR) is 45.6 cm³/mol. The molecule has 0 N–H and O–H groups in total. The fourth-order valence-corrected chi connectivity index (χ4v) is 2.10. The van der Waals surface area contributed by atoms with Crippen LogP contribution in [0.15, 0.2) is 12.2 Å². The van der Waals surface area contributed by atoms with Gasteiger partial charge in [0.2, 0.25) is 0 Å². The molecule has 0 saturated heterocycles. The molecule has 1 fully saturated rings. The second-order valence-corrected chi connectivity index (χ2v) is 3.66. The highest BCUT2D eigenvalue weighted by Crippen LogP contribution is 2.30. The van der Waals surface area contributed by atoms with Gasteiger partial charge in [0.15, 0.2) is 0 Å². The Hall–Kier alpha value is -0.790. The van der Waals surface area contributed by atoms with Crippen molar-refractivity contribution in [1.29, 1.82) is 0 Å². The number of ether oxygens (including phenoxy) is 1. The average molecular weight is 166 g/mol. The molecular weight excluding hydrogens is 152 g/mol. The number of hydrogen-bond donors (Lipinski definition) is 0. The van der Waals surface area contributed by atoms with E-state index in [1.54, 1.807) is 6.08 Å². The first-order valence-corrected chi connectivity index (χ1v) is 4.75. The maximum absolute atomic E-state index is 10.8. The van der Waals surface area contributed by atoms with Crippen LogP contribution in [0.4, 0.5) is 0 Å². The summed E-state index contributed by atoms with van der Waals surface area (Å²) in [5, 5.41) is 0. The van der Waals surface area contributed by atoms with Crippen molar-refractivity contribution in [3.05, 3.63) is 12.2 Å². The first-order valence-electron chi connectivity index (χ1n) is 4.75. The van der Waals surface area contributed by atoms with Gasteiger partial charge in [-0.3, -0.25) is 0 Å². The number of cyclic esters (lactones) is 1. The van der Waals surface area contributed by atoms with Crippen molar-refractivity contribution in [3.63, 3.8) is 0 Å². The second kappa shape index (κ2) is 3.30. The van der Waals surface area contributed by atoms with Crippen LogP contribution >= 0.6 is 0 Å². The summed E-state index contributed by atoms with van der Waals surface area (Å²) in [4.78, 5) is 10.8. The molecule has 0 aromatic carbocycles. The van der Waals surface area contributed by atoms with Gasteiger partial charge < -0.3 is 4.74 Å². The third kappa shape index (κ3) is 1.52. The van der Waals surface area contributed by atoms with E-state index in [9.17, 15) is 4.79 Å². The molecule has 2 aliphatic rings. The molecule has 2 rings (SSSR count). The van der Waals surface area contributed by atoms with Crippen molar-refractivity contribution in [2.24, 2.45) is 5.92 Å². The van der Waals surface area contributed by atoms with Crippen LogP contribution in [0.3, 0.4) is 0 Å². The minimum absolute atomic E-state index is 0.0952. The molecule has 0 aromatic rings. The summed E-state index contributed by atoms with van der Waals surface area (Å²) in [5.74, 6) is 0.437. The molecule has 1 unspecified atom stereocenters. The van der Waals surface area contributed by atoms with Crippen LogP contribution < -0.4 is 0 Å². The molecule has 0 spiro atoms. The quantitative estimate of drug-likeness (QED) is 0.557. The molecule has 1 atom stereocenters. The van der Waals surface area contributed by atoms with Crippen molar-refractivity contribution in [2.45, 2.75) is 38.2 Å². The summed E-state index contributed by atoms with van der Waals surface area (Å²) in [7, 11) is 0. The number of hydrogen-bond acceptors (Lipinski definition) is 2. The van der Waals surface area contributed by atoms with Gasteiger partial charge >= 0.3 is 5.97 Å². The Morgan fingerprint density at radius 3 is 2.58 bits per heavy atom. The lowest BCUT2D eigenvalue weighted by Gasteiger charge is -2.25. The molecule has 0 bridgehead atoms. The highest BCUT2D eigenvalue weighted by Gasteiger charge is 2.27. The van der Waals surface area contributed by atoms with Crippen LogP contribution in [-0.2, 0) is 9.53 Å². The fraction of sp³-hybridized carbons (Fsp3) is 0.700. The van der Waals surface area contributed by atoms with Crippen molar-refractivity contribution in [2.75, 3.05) is 0 Å². The lowest BCUT2D eigenvalue weighted by molar-refractivity contribution is -0.140. The zero-order valence-corrected chi connectivity index (χ0v) is 7.16. The largest absolute Gasteiger partial charge is 0.455 e. The van der Waals surface area contributed by atoms with Crippen molar-refractivity contribution < 1.29 is 9.53 Å². The van der Waals surface area contributed by atoms with Gasteiger partial charge in [-0.15, -0.1) is 0 Å². The normalized spacial score (nSPS) is 30.7. The van der Waals surface area contributed by atoms with Crippen molar-refractivity contribution in [3.8, 4) is 0 Å². The standard InChI is InChI=1S/C10H14O2/c11-10-7-6-9(12-10)8-4-2-1-3-5-8/h6-9H,1-5H2. The molecule has 66 valence electrons. The minimum Gasteiger partial charge on any atom is -0.455 e. The minimum atomic E-state index is -0.162. The molecule has 0 aromatic heterocycles. The molecule has 0 amide bonds. The number of carbonyl (C=O) groups excluding carboxylic acids is 1. The van der Waals surface area contributed by atoms with Gasteiger partial charge in [-0.25, -0.2) is 4.79 Å². The Morgan fingerprint density at radius 1 is 1.25 bits per heavy atom. The average Bonchev–Trinajstić information content (AvgIpc) is 2.54. The Kier molecular flexibility index (Phi) is 2.15. The maximum Gasteiger partial charge on any atom is 0.331 e. The summed E-state index contributed by atoms with van der Waals surface area (Å²) in [6, 6.07) is 0. The van der Waals surface area contributed by atoms with Gasteiger partial charge in [0.05, 0.1) is 0 Å². The van der Waals surface area contributed by atoms with E-state index in [4.69, 9.17) is 4.74 Å². The van der Waals surface area contributed by atoms with Gasteiger partial charge in [-0.1, -0.05) is 19.3 Å². The van der Waals surface area contributed by atoms with Crippen molar-refractivity contribution in [1.82, 2.24) is 0 Å². The molecule has 1 aliphatic heterocycles. The lowest BCUT2D eigenvalue weighted by Crippen LogP contribution is -2.22. The van der Waals surface area contributed by atoms with Crippen LogP contribution in [0.25, 0.3) is 0 Å². The monoisotopic (exact) mass is 166 g/mol. The number of rotatable bonds is 1. The molecule has 1 aliphatic carbocycles. The zero-order valence-electron chi connectivity index (χ0n) is 7.16. The summed E-state index contributed by atoms with van der Waals surface area (Å²) in [6.45, 7) is 0. The molecule has 2 nitrogen and oxygen atoms in total. The van der Waals surface area contributed by atoms with Gasteiger partial charge in [-0.05, 0) is 24.8 Å². The highest BCUT2D eigenvalue weighted by molar-refractivity contribution is 5.84. The maximum atomic E-state index is 10.8. The Labute approximate surface area is 72.6 Å². The highest BCUT2D eigenvalue weighted by atomic mass is 16.5. The van der Waals surface area contributed by atoms with Gasteiger partial charge in [-0.2, -0.15) is 0 Å². The van der Waals surface area contributed by atoms with E-state index in [-0.39, 0.29) is 12.1 Å². The predicted octanol–water partition coefficient (Wildman–Crippen LogP) is 2.05. The van der Waals surface area contributed by atoms with Gasteiger partial charge in [0.25, 0.3) is 0 Å². The summed E-state index contributed by atoms with van der Waals surface area (Å²) in [6.07, 6.45) is 9.96. The number of esters is 1. The summed E-state index contributed by atoms with van der Waals surface area (Å²) in [5.41, 5.74) is 0. The van der Waals surface area contributed by atoms with E-state index < -0.39 is 0 Å². The van der Waals surface area contributed by atoms with E-state index in [1.807, 2.05) is 6.08 Å². The fourth-order valence-electron chi connectivity index (χ4n) is 2.10. The van der Waals surface area contributed by atoms with Gasteiger partial charge in [0.1, 0.15) is 6.10 Å². The van der Waals surface area contributed by atoms with Crippen LogP contribution in [-0.4, -0.2) is 12.1 Å². The summed E-state index contributed by atoms with van der Waals surface area (Å²) < 4.78 is 5.15. The third-order valence-electron chi connectivity index (χ3n) is 2.79. The van der Waals surface area contributed by atoms with E-state index in [2.05, 4.69) is 0 Å². The lowest BCUT2D eigenvalue weighted by atomic mass is 9.85. The molecule has 1 heterocycles. The van der Waals surface area contributed by atoms with Crippen LogP contribution in [0.2, 0.25) is 0 Å². The summed E-state index contributed by atoms with van der Waals surface area (Å²) >= 11 is 0. The van der Waals surface area contributed by atoms with E-state index in [0.29, 0.717) is 5.92 Å². The smallest absolute Gasteiger partial charge is 0.331 e. The van der Waals surface area contributed by atoms with E-state index >= 15 is 0 Å². The Morgan fingerprint density at radius 2 is 2.00 bits per heavy atom. The molecule has 1 saturated carbocycles.